The van der Waals surface area contributed by atoms with Crippen LogP contribution in [0, 0.1) is 0 Å². The van der Waals surface area contributed by atoms with E-state index < -0.39 is 12.1 Å². The molecule has 0 atom stereocenters. The van der Waals surface area contributed by atoms with Crippen molar-refractivity contribution < 1.29 is 32.2 Å². The van der Waals surface area contributed by atoms with Crippen LogP contribution < -0.4 is 4.90 Å². The van der Waals surface area contributed by atoms with Gasteiger partial charge in [-0.1, -0.05) is 0 Å². The van der Waals surface area contributed by atoms with Crippen molar-refractivity contribution in [2.24, 2.45) is 0 Å². The molecule has 1 spiro atoms. The second-order valence-electron chi connectivity index (χ2n) is 7.21. The first-order valence-corrected chi connectivity index (χ1v) is 9.47. The highest BCUT2D eigenvalue weighted by Crippen LogP contribution is 2.31. The molecule has 2 aromatic heterocycles. The molecule has 164 valence electrons. The molecule has 11 heteroatoms. The Morgan fingerprint density at radius 1 is 1.20 bits per heavy atom. The first-order valence-electron chi connectivity index (χ1n) is 9.47. The molecule has 2 fully saturated rings. The lowest BCUT2D eigenvalue weighted by atomic mass is 9.89. The topological polar surface area (TPSA) is 91.9 Å². The number of alkyl halides is 3. The van der Waals surface area contributed by atoms with Crippen LogP contribution in [0.5, 0.6) is 0 Å². The van der Waals surface area contributed by atoms with Gasteiger partial charge in [0.25, 0.3) is 0 Å². The predicted octanol–water partition coefficient (Wildman–Crippen LogP) is 2.57. The highest BCUT2D eigenvalue weighted by Gasteiger charge is 2.40. The molecule has 4 rings (SSSR count). The number of likely N-dealkylation sites (tertiary alicyclic amines) is 1. The van der Waals surface area contributed by atoms with Gasteiger partial charge in [-0.25, -0.2) is 14.8 Å². The average Bonchev–Trinajstić information content (AvgIpc) is 3.24. The molecule has 0 aromatic carbocycles. The Kier molecular flexibility index (Phi) is 6.93. The lowest BCUT2D eigenvalue weighted by molar-refractivity contribution is -0.192. The number of carboxylic acid groups (broad SMARTS) is 1. The number of piperidine rings is 1. The molecule has 0 aliphatic carbocycles. The number of anilines is 1. The van der Waals surface area contributed by atoms with E-state index >= 15 is 0 Å². The van der Waals surface area contributed by atoms with Crippen LogP contribution in [-0.4, -0.2) is 70.5 Å². The zero-order valence-electron chi connectivity index (χ0n) is 16.2. The Balaban J connectivity index is 0.000000318. The number of morpholine rings is 1. The number of carbonyl (C=O) groups is 1. The first-order chi connectivity index (χ1) is 14.3. The Morgan fingerprint density at radius 2 is 1.87 bits per heavy atom. The summed E-state index contributed by atoms with van der Waals surface area (Å²) in [5.74, 6) is -1.94. The minimum absolute atomic E-state index is 0.0512. The molecule has 8 nitrogen and oxygen atoms in total. The lowest BCUT2D eigenvalue weighted by Crippen LogP contribution is -2.57. The standard InChI is InChI=1S/C17H22N4O2.C2HF3O2/c1-5-18-16(19-6-1)21-9-11-23-17(14-21)3-7-20(8-4-17)12-15-2-10-22-13-15;3-2(4,5)1(6)7/h1-2,5-6,10,13H,3-4,7-9,11-12,14H2;(H,6,7). The van der Waals surface area contributed by atoms with Gasteiger partial charge in [0.05, 0.1) is 31.3 Å². The first kappa shape index (κ1) is 22.0. The van der Waals surface area contributed by atoms with Crippen molar-refractivity contribution in [3.8, 4) is 0 Å². The van der Waals surface area contributed by atoms with E-state index in [0.29, 0.717) is 0 Å². The molecule has 0 unspecified atom stereocenters. The van der Waals surface area contributed by atoms with E-state index in [1.165, 1.54) is 5.56 Å². The molecule has 0 bridgehead atoms. The van der Waals surface area contributed by atoms with E-state index in [9.17, 15) is 13.2 Å². The van der Waals surface area contributed by atoms with Crippen LogP contribution in [0.25, 0.3) is 0 Å². The summed E-state index contributed by atoms with van der Waals surface area (Å²) in [4.78, 5) is 22.4. The van der Waals surface area contributed by atoms with Crippen LogP contribution in [0.4, 0.5) is 19.1 Å². The third-order valence-electron chi connectivity index (χ3n) is 5.08. The van der Waals surface area contributed by atoms with Gasteiger partial charge in [0.2, 0.25) is 5.95 Å². The fourth-order valence-electron chi connectivity index (χ4n) is 3.53. The molecule has 30 heavy (non-hydrogen) atoms. The van der Waals surface area contributed by atoms with E-state index in [-0.39, 0.29) is 5.60 Å². The molecular formula is C19H23F3N4O4. The molecule has 4 heterocycles. The molecule has 2 aromatic rings. The van der Waals surface area contributed by atoms with Crippen molar-refractivity contribution in [1.82, 2.24) is 14.9 Å². The van der Waals surface area contributed by atoms with Gasteiger partial charge < -0.3 is 19.2 Å². The van der Waals surface area contributed by atoms with Gasteiger partial charge in [0, 0.05) is 44.1 Å². The summed E-state index contributed by atoms with van der Waals surface area (Å²) in [5, 5.41) is 7.12. The number of aromatic nitrogens is 2. The SMILES string of the molecule is O=C(O)C(F)(F)F.c1cnc(N2CCOC3(CCN(Cc4ccoc4)CC3)C2)nc1. The second-order valence-corrected chi connectivity index (χ2v) is 7.21. The number of hydrogen-bond acceptors (Lipinski definition) is 7. The number of ether oxygens (including phenoxy) is 1. The van der Waals surface area contributed by atoms with Crippen molar-refractivity contribution in [3.05, 3.63) is 42.6 Å². The summed E-state index contributed by atoms with van der Waals surface area (Å²) in [5.41, 5.74) is 1.19. The number of rotatable bonds is 3. The molecule has 1 N–H and O–H groups in total. The van der Waals surface area contributed by atoms with Gasteiger partial charge in [-0.2, -0.15) is 13.2 Å². The van der Waals surface area contributed by atoms with Crippen molar-refractivity contribution in [3.63, 3.8) is 0 Å². The smallest absolute Gasteiger partial charge is 0.475 e. The van der Waals surface area contributed by atoms with Crippen LogP contribution in [0.15, 0.2) is 41.5 Å². The van der Waals surface area contributed by atoms with Crippen LogP contribution in [0.3, 0.4) is 0 Å². The van der Waals surface area contributed by atoms with Gasteiger partial charge in [0.15, 0.2) is 0 Å². The van der Waals surface area contributed by atoms with Crippen molar-refractivity contribution in [2.45, 2.75) is 31.2 Å². The monoisotopic (exact) mass is 428 g/mol. The highest BCUT2D eigenvalue weighted by molar-refractivity contribution is 5.73. The average molecular weight is 428 g/mol. The molecule has 0 amide bonds. The summed E-state index contributed by atoms with van der Waals surface area (Å²) in [6.07, 6.45) is 4.19. The summed E-state index contributed by atoms with van der Waals surface area (Å²) in [7, 11) is 0. The Morgan fingerprint density at radius 3 is 2.43 bits per heavy atom. The van der Waals surface area contributed by atoms with E-state index in [1.54, 1.807) is 18.7 Å². The number of furan rings is 1. The molecular weight excluding hydrogens is 405 g/mol. The van der Waals surface area contributed by atoms with Crippen molar-refractivity contribution in [1.29, 1.82) is 0 Å². The number of nitrogens with zero attached hydrogens (tertiary/aromatic N) is 4. The van der Waals surface area contributed by atoms with Crippen LogP contribution >= 0.6 is 0 Å². The lowest BCUT2D eigenvalue weighted by Gasteiger charge is -2.47. The summed E-state index contributed by atoms with van der Waals surface area (Å²) in [6.45, 7) is 5.56. The van der Waals surface area contributed by atoms with E-state index in [2.05, 4.69) is 19.8 Å². The molecule has 0 saturated carbocycles. The minimum atomic E-state index is -5.08. The number of hydrogen-bond donors (Lipinski definition) is 1. The second kappa shape index (κ2) is 9.43. The van der Waals surface area contributed by atoms with Gasteiger partial charge in [-0.05, 0) is 25.0 Å². The molecule has 2 aliphatic rings. The zero-order chi connectivity index (χ0) is 21.6. The predicted molar refractivity (Wildman–Crippen MR) is 99.8 cm³/mol. The largest absolute Gasteiger partial charge is 0.490 e. The normalized spacial score (nSPS) is 19.2. The number of aliphatic carboxylic acids is 1. The maximum Gasteiger partial charge on any atom is 0.490 e. The van der Waals surface area contributed by atoms with Crippen molar-refractivity contribution in [2.75, 3.05) is 37.7 Å². The van der Waals surface area contributed by atoms with E-state index in [1.807, 2.05) is 18.4 Å². The summed E-state index contributed by atoms with van der Waals surface area (Å²) in [6, 6.07) is 3.89. The van der Waals surface area contributed by atoms with Gasteiger partial charge in [-0.3, -0.25) is 4.90 Å². The van der Waals surface area contributed by atoms with Gasteiger partial charge in [0.1, 0.15) is 0 Å². The Bertz CT molecular complexity index is 794. The molecule has 0 radical (unpaired) electrons. The Labute approximate surface area is 171 Å². The Hall–Kier alpha value is -2.66. The van der Waals surface area contributed by atoms with Crippen molar-refractivity contribution >= 4 is 11.9 Å². The zero-order valence-corrected chi connectivity index (χ0v) is 16.2. The van der Waals surface area contributed by atoms with E-state index in [0.717, 1.165) is 58.1 Å². The maximum absolute atomic E-state index is 10.6. The number of carboxylic acids is 1. The summed E-state index contributed by atoms with van der Waals surface area (Å²) < 4.78 is 43.1. The fourth-order valence-corrected chi connectivity index (χ4v) is 3.53. The summed E-state index contributed by atoms with van der Waals surface area (Å²) >= 11 is 0. The third-order valence-corrected chi connectivity index (χ3v) is 5.08. The van der Waals surface area contributed by atoms with Crippen LogP contribution in [0.2, 0.25) is 0 Å². The molecule has 2 aliphatic heterocycles. The highest BCUT2D eigenvalue weighted by atomic mass is 19.4. The van der Waals surface area contributed by atoms with E-state index in [4.69, 9.17) is 19.1 Å². The van der Waals surface area contributed by atoms with Crippen LogP contribution in [0.1, 0.15) is 18.4 Å². The maximum atomic E-state index is 10.6. The van der Waals surface area contributed by atoms with Crippen LogP contribution in [-0.2, 0) is 16.1 Å². The quantitative estimate of drug-likeness (QED) is 0.798. The molecule has 2 saturated heterocycles. The van der Waals surface area contributed by atoms with Gasteiger partial charge in [-0.15, -0.1) is 0 Å². The third kappa shape index (κ3) is 5.92. The minimum Gasteiger partial charge on any atom is -0.475 e. The number of halogens is 3. The van der Waals surface area contributed by atoms with Gasteiger partial charge >= 0.3 is 12.1 Å². The fraction of sp³-hybridized carbons (Fsp3) is 0.526.